The van der Waals surface area contributed by atoms with E-state index < -0.39 is 11.5 Å². The van der Waals surface area contributed by atoms with Crippen LogP contribution >= 0.6 is 0 Å². The number of carboxylic acid groups (broad SMARTS) is 1. The van der Waals surface area contributed by atoms with Crippen molar-refractivity contribution in [2.24, 2.45) is 17.8 Å². The van der Waals surface area contributed by atoms with Gasteiger partial charge in [0.15, 0.2) is 0 Å². The molecule has 1 aliphatic heterocycles. The maximum Gasteiger partial charge on any atom is 0.329 e. The fourth-order valence-corrected chi connectivity index (χ4v) is 3.45. The lowest BCUT2D eigenvalue weighted by Crippen LogP contribution is -2.59. The van der Waals surface area contributed by atoms with Gasteiger partial charge < -0.3 is 15.3 Å². The van der Waals surface area contributed by atoms with E-state index >= 15 is 0 Å². The minimum atomic E-state index is -1.06. The third kappa shape index (κ3) is 3.50. The number of nitrogens with one attached hydrogen (secondary N) is 1. The highest BCUT2D eigenvalue weighted by Gasteiger charge is 2.43. The van der Waals surface area contributed by atoms with Gasteiger partial charge in [-0.2, -0.15) is 0 Å². The van der Waals surface area contributed by atoms with Crippen molar-refractivity contribution in [1.29, 1.82) is 0 Å². The van der Waals surface area contributed by atoms with Crippen LogP contribution in [-0.2, 0) is 4.79 Å². The van der Waals surface area contributed by atoms with Crippen LogP contribution in [0.25, 0.3) is 0 Å². The summed E-state index contributed by atoms with van der Waals surface area (Å²) < 4.78 is 0. The molecule has 0 aromatic carbocycles. The molecule has 2 amide bonds. The summed E-state index contributed by atoms with van der Waals surface area (Å²) >= 11 is 0. The van der Waals surface area contributed by atoms with Crippen LogP contribution < -0.4 is 5.32 Å². The van der Waals surface area contributed by atoms with Gasteiger partial charge in [-0.25, -0.2) is 9.59 Å². The van der Waals surface area contributed by atoms with Crippen molar-refractivity contribution >= 4 is 12.0 Å². The molecule has 2 fully saturated rings. The fourth-order valence-electron chi connectivity index (χ4n) is 3.45. The molecule has 5 nitrogen and oxygen atoms in total. The number of aliphatic carboxylic acids is 1. The molecule has 1 unspecified atom stereocenters. The van der Waals surface area contributed by atoms with Crippen molar-refractivity contribution in [2.45, 2.75) is 58.4 Å². The number of carboxylic acids is 1. The minimum Gasteiger partial charge on any atom is -0.480 e. The average Bonchev–Trinajstić information content (AvgIpc) is 2.91. The van der Waals surface area contributed by atoms with Crippen molar-refractivity contribution in [3.8, 4) is 0 Å². The normalized spacial score (nSPS) is 33.2. The maximum absolute atomic E-state index is 12.4. The summed E-state index contributed by atoms with van der Waals surface area (Å²) in [5.74, 6) is 0.753. The molecule has 120 valence electrons. The van der Waals surface area contributed by atoms with Gasteiger partial charge in [-0.05, 0) is 49.9 Å². The number of hydrogen-bond acceptors (Lipinski definition) is 2. The second-order valence-corrected chi connectivity index (χ2v) is 7.24. The Kier molecular flexibility index (Phi) is 4.79. The van der Waals surface area contributed by atoms with Crippen molar-refractivity contribution in [3.63, 3.8) is 0 Å². The zero-order valence-corrected chi connectivity index (χ0v) is 13.4. The number of urea groups is 1. The average molecular weight is 296 g/mol. The van der Waals surface area contributed by atoms with E-state index in [1.807, 2.05) is 0 Å². The number of likely N-dealkylation sites (tertiary alicyclic amines) is 1. The fraction of sp³-hybridized carbons (Fsp3) is 0.875. The zero-order valence-electron chi connectivity index (χ0n) is 13.4. The molecule has 1 saturated carbocycles. The van der Waals surface area contributed by atoms with Crippen molar-refractivity contribution in [1.82, 2.24) is 10.2 Å². The molecule has 2 aliphatic rings. The number of hydrogen-bond donors (Lipinski definition) is 2. The summed E-state index contributed by atoms with van der Waals surface area (Å²) in [5, 5.41) is 12.4. The van der Waals surface area contributed by atoms with Crippen LogP contribution in [0.3, 0.4) is 0 Å². The molecule has 1 heterocycles. The highest BCUT2D eigenvalue weighted by atomic mass is 16.4. The Morgan fingerprint density at radius 1 is 1.24 bits per heavy atom. The van der Waals surface area contributed by atoms with E-state index in [0.29, 0.717) is 30.6 Å². The number of amides is 2. The zero-order chi connectivity index (χ0) is 15.6. The van der Waals surface area contributed by atoms with Crippen molar-refractivity contribution in [3.05, 3.63) is 0 Å². The second-order valence-electron chi connectivity index (χ2n) is 7.24. The lowest BCUT2D eigenvalue weighted by atomic mass is 9.77. The smallest absolute Gasteiger partial charge is 0.329 e. The molecule has 5 heteroatoms. The summed E-state index contributed by atoms with van der Waals surface area (Å²) in [6.07, 6.45) is 3.82. The maximum atomic E-state index is 12.4. The summed E-state index contributed by atoms with van der Waals surface area (Å²) in [4.78, 5) is 25.9. The Hall–Kier alpha value is -1.26. The van der Waals surface area contributed by atoms with Crippen molar-refractivity contribution < 1.29 is 14.7 Å². The van der Waals surface area contributed by atoms with E-state index in [0.717, 1.165) is 32.4 Å². The van der Waals surface area contributed by atoms with Gasteiger partial charge in [0.25, 0.3) is 0 Å². The first-order valence-corrected chi connectivity index (χ1v) is 8.14. The number of nitrogens with zero attached hydrogens (tertiary/aromatic N) is 1. The lowest BCUT2D eigenvalue weighted by molar-refractivity contribution is -0.146. The van der Waals surface area contributed by atoms with Gasteiger partial charge in [0, 0.05) is 13.1 Å². The van der Waals surface area contributed by atoms with Crippen LogP contribution in [0.4, 0.5) is 4.79 Å². The number of rotatable bonds is 3. The Labute approximate surface area is 127 Å². The summed E-state index contributed by atoms with van der Waals surface area (Å²) in [7, 11) is 0. The molecule has 2 rings (SSSR count). The van der Waals surface area contributed by atoms with Crippen LogP contribution in [0.2, 0.25) is 0 Å². The van der Waals surface area contributed by atoms with Gasteiger partial charge in [0.1, 0.15) is 5.54 Å². The highest BCUT2D eigenvalue weighted by molar-refractivity contribution is 5.86. The van der Waals surface area contributed by atoms with E-state index in [2.05, 4.69) is 26.1 Å². The summed E-state index contributed by atoms with van der Waals surface area (Å²) in [6.45, 7) is 7.97. The van der Waals surface area contributed by atoms with E-state index in [1.54, 1.807) is 4.90 Å². The number of carbonyl (C=O) groups is 2. The molecular weight excluding hydrogens is 268 g/mol. The van der Waals surface area contributed by atoms with Crippen LogP contribution in [0, 0.1) is 17.8 Å². The van der Waals surface area contributed by atoms with Gasteiger partial charge >= 0.3 is 12.0 Å². The molecule has 21 heavy (non-hydrogen) atoms. The minimum absolute atomic E-state index is 0.199. The molecule has 1 saturated heterocycles. The number of carbonyl (C=O) groups excluding carboxylic acids is 1. The van der Waals surface area contributed by atoms with Gasteiger partial charge in [-0.1, -0.05) is 20.8 Å². The van der Waals surface area contributed by atoms with Gasteiger partial charge in [0.2, 0.25) is 0 Å². The highest BCUT2D eigenvalue weighted by Crippen LogP contribution is 2.33. The summed E-state index contributed by atoms with van der Waals surface area (Å²) in [6, 6.07) is -0.199. The van der Waals surface area contributed by atoms with Crippen LogP contribution in [0.15, 0.2) is 0 Å². The first kappa shape index (κ1) is 16.1. The monoisotopic (exact) mass is 296 g/mol. The molecule has 0 bridgehead atoms. The molecule has 1 atom stereocenters. The second kappa shape index (κ2) is 6.24. The van der Waals surface area contributed by atoms with Gasteiger partial charge in [-0.15, -0.1) is 0 Å². The molecule has 0 radical (unpaired) electrons. The third-order valence-corrected chi connectivity index (χ3v) is 5.34. The molecular formula is C16H28N2O3. The molecule has 0 aromatic rings. The van der Waals surface area contributed by atoms with E-state index in [9.17, 15) is 14.7 Å². The molecule has 0 aromatic heterocycles. The first-order chi connectivity index (χ1) is 9.84. The van der Waals surface area contributed by atoms with Crippen LogP contribution in [-0.4, -0.2) is 40.6 Å². The predicted molar refractivity (Wildman–Crippen MR) is 81.0 cm³/mol. The first-order valence-electron chi connectivity index (χ1n) is 8.14. The summed E-state index contributed by atoms with van der Waals surface area (Å²) in [5.41, 5.74) is -1.06. The van der Waals surface area contributed by atoms with Crippen molar-refractivity contribution in [2.75, 3.05) is 13.1 Å². The Balaban J connectivity index is 1.98. The Morgan fingerprint density at radius 3 is 2.33 bits per heavy atom. The molecule has 0 spiro atoms. The van der Waals surface area contributed by atoms with E-state index in [4.69, 9.17) is 0 Å². The van der Waals surface area contributed by atoms with Gasteiger partial charge in [-0.3, -0.25) is 0 Å². The Morgan fingerprint density at radius 2 is 1.86 bits per heavy atom. The van der Waals surface area contributed by atoms with E-state index in [1.165, 1.54) is 0 Å². The Bertz CT molecular complexity index is 400. The third-order valence-electron chi connectivity index (χ3n) is 5.34. The largest absolute Gasteiger partial charge is 0.480 e. The standard InChI is InChI=1S/C16H28N2O3/c1-11(2)13-6-9-18(10-13)15(21)17-16(14(19)20)7-4-12(3)5-8-16/h11-13H,4-10H2,1-3H3,(H,17,21)(H,19,20). The molecule has 2 N–H and O–H groups in total. The SMILES string of the molecule is CC1CCC(NC(=O)N2CCC(C(C)C)C2)(C(=O)O)CC1. The van der Waals surface area contributed by atoms with Gasteiger partial charge in [0.05, 0.1) is 0 Å². The van der Waals surface area contributed by atoms with Crippen LogP contribution in [0.5, 0.6) is 0 Å². The topological polar surface area (TPSA) is 69.6 Å². The van der Waals surface area contributed by atoms with E-state index in [-0.39, 0.29) is 6.03 Å². The quantitative estimate of drug-likeness (QED) is 0.841. The predicted octanol–water partition coefficient (Wildman–Crippen LogP) is 2.71. The van der Waals surface area contributed by atoms with Crippen LogP contribution in [0.1, 0.15) is 52.9 Å². The lowest BCUT2D eigenvalue weighted by Gasteiger charge is -2.37. The molecule has 1 aliphatic carbocycles.